The molecule has 3 N–H and O–H groups in total. The zero-order chi connectivity index (χ0) is 15.5. The third kappa shape index (κ3) is 3.38. The van der Waals surface area contributed by atoms with Gasteiger partial charge in [0.1, 0.15) is 11.3 Å². The maximum atomic E-state index is 11.8. The number of ether oxygens (including phenoxy) is 1. The van der Waals surface area contributed by atoms with E-state index in [-0.39, 0.29) is 11.8 Å². The molecule has 116 valence electrons. The third-order valence-corrected chi connectivity index (χ3v) is 4.64. The molecule has 0 spiro atoms. The monoisotopic (exact) mass is 290 g/mol. The topological polar surface area (TPSA) is 64.3 Å². The number of carbonyl (C=O) groups is 1. The Morgan fingerprint density at radius 1 is 1.38 bits per heavy atom. The van der Waals surface area contributed by atoms with Gasteiger partial charge < -0.3 is 15.8 Å². The zero-order valence-corrected chi connectivity index (χ0v) is 13.2. The molecule has 0 aromatic heterocycles. The molecular weight excluding hydrogens is 264 g/mol. The van der Waals surface area contributed by atoms with Gasteiger partial charge in [-0.3, -0.25) is 4.79 Å². The van der Waals surface area contributed by atoms with E-state index < -0.39 is 5.54 Å². The largest absolute Gasteiger partial charge is 0.494 e. The van der Waals surface area contributed by atoms with E-state index in [0.717, 1.165) is 31.4 Å². The molecule has 1 aromatic carbocycles. The number of amides is 1. The Balaban J connectivity index is 1.95. The number of hydrogen-bond donors (Lipinski definition) is 2. The maximum absolute atomic E-state index is 11.8. The molecule has 21 heavy (non-hydrogen) atoms. The average Bonchev–Trinajstić information content (AvgIpc) is 2.82. The predicted molar refractivity (Wildman–Crippen MR) is 84.4 cm³/mol. The summed E-state index contributed by atoms with van der Waals surface area (Å²) in [5, 5.41) is 3.16. The van der Waals surface area contributed by atoms with E-state index in [0.29, 0.717) is 6.61 Å². The van der Waals surface area contributed by atoms with E-state index in [1.807, 2.05) is 19.2 Å². The smallest absolute Gasteiger partial charge is 0.238 e. The second kappa shape index (κ2) is 6.48. The van der Waals surface area contributed by atoms with Crippen molar-refractivity contribution in [3.63, 3.8) is 0 Å². The number of hydrogen-bond acceptors (Lipinski definition) is 3. The van der Waals surface area contributed by atoms with Crippen molar-refractivity contribution in [3.8, 4) is 5.75 Å². The van der Waals surface area contributed by atoms with Gasteiger partial charge in [-0.25, -0.2) is 0 Å². The highest BCUT2D eigenvalue weighted by Gasteiger charge is 2.46. The van der Waals surface area contributed by atoms with Gasteiger partial charge in [-0.15, -0.1) is 0 Å². The first-order valence-corrected chi connectivity index (χ1v) is 7.68. The summed E-state index contributed by atoms with van der Waals surface area (Å²) in [5.74, 6) is 0.921. The summed E-state index contributed by atoms with van der Waals surface area (Å²) in [4.78, 5) is 11.8. The molecule has 1 aliphatic rings. The van der Waals surface area contributed by atoms with Crippen molar-refractivity contribution < 1.29 is 9.53 Å². The molecule has 2 atom stereocenters. The van der Waals surface area contributed by atoms with Crippen LogP contribution in [0.3, 0.4) is 0 Å². The number of benzene rings is 1. The fraction of sp³-hybridized carbons (Fsp3) is 0.588. The van der Waals surface area contributed by atoms with E-state index in [4.69, 9.17) is 10.5 Å². The molecule has 0 heterocycles. The molecule has 1 aromatic rings. The Kier molecular flexibility index (Phi) is 4.88. The van der Waals surface area contributed by atoms with Crippen LogP contribution in [0.4, 0.5) is 0 Å². The third-order valence-electron chi connectivity index (χ3n) is 4.64. The van der Waals surface area contributed by atoms with Gasteiger partial charge in [0, 0.05) is 0 Å². The lowest BCUT2D eigenvalue weighted by molar-refractivity contribution is -0.125. The summed E-state index contributed by atoms with van der Waals surface area (Å²) in [7, 11) is 1.83. The number of rotatable bonds is 6. The molecule has 1 amide bonds. The van der Waals surface area contributed by atoms with E-state index in [9.17, 15) is 4.79 Å². The summed E-state index contributed by atoms with van der Waals surface area (Å²) >= 11 is 0. The van der Waals surface area contributed by atoms with E-state index in [1.54, 1.807) is 0 Å². The van der Waals surface area contributed by atoms with Crippen molar-refractivity contribution in [1.29, 1.82) is 0 Å². The Hall–Kier alpha value is -1.55. The summed E-state index contributed by atoms with van der Waals surface area (Å²) < 4.78 is 5.87. The Labute approximate surface area is 127 Å². The van der Waals surface area contributed by atoms with Gasteiger partial charge in [0.15, 0.2) is 0 Å². The summed E-state index contributed by atoms with van der Waals surface area (Å²) in [5.41, 5.74) is 7.47. The summed E-state index contributed by atoms with van der Waals surface area (Å²) in [6, 6.07) is 6.21. The molecule has 1 saturated carbocycles. The number of aryl methyl sites for hydroxylation is 2. The predicted octanol–water partition coefficient (Wildman–Crippen LogP) is 2.32. The molecule has 0 bridgehead atoms. The first kappa shape index (κ1) is 15.8. The normalized spacial score (nSPS) is 25.0. The van der Waals surface area contributed by atoms with Crippen LogP contribution in [0.2, 0.25) is 0 Å². The van der Waals surface area contributed by atoms with Crippen molar-refractivity contribution in [2.75, 3.05) is 13.7 Å². The van der Waals surface area contributed by atoms with Gasteiger partial charge in [-0.2, -0.15) is 0 Å². The number of carbonyl (C=O) groups excluding carboxylic acids is 1. The molecule has 1 fully saturated rings. The van der Waals surface area contributed by atoms with Crippen LogP contribution in [-0.2, 0) is 4.79 Å². The lowest BCUT2D eigenvalue weighted by atomic mass is 9.84. The van der Waals surface area contributed by atoms with Gasteiger partial charge in [-0.05, 0) is 69.3 Å². The molecule has 4 heteroatoms. The molecule has 1 aliphatic carbocycles. The van der Waals surface area contributed by atoms with Crippen LogP contribution in [0, 0.1) is 19.8 Å². The van der Waals surface area contributed by atoms with Crippen molar-refractivity contribution >= 4 is 5.91 Å². The van der Waals surface area contributed by atoms with Crippen LogP contribution in [-0.4, -0.2) is 25.1 Å². The fourth-order valence-corrected chi connectivity index (χ4v) is 3.58. The molecule has 0 aliphatic heterocycles. The van der Waals surface area contributed by atoms with Crippen LogP contribution in [0.5, 0.6) is 5.75 Å². The van der Waals surface area contributed by atoms with Gasteiger partial charge in [0.05, 0.1) is 6.61 Å². The fourth-order valence-electron chi connectivity index (χ4n) is 3.58. The maximum Gasteiger partial charge on any atom is 0.238 e. The molecule has 4 nitrogen and oxygen atoms in total. The minimum Gasteiger partial charge on any atom is -0.494 e. The van der Waals surface area contributed by atoms with Gasteiger partial charge >= 0.3 is 0 Å². The second-order valence-corrected chi connectivity index (χ2v) is 6.14. The minimum absolute atomic E-state index is 0.237. The van der Waals surface area contributed by atoms with Crippen molar-refractivity contribution in [2.24, 2.45) is 11.7 Å². The first-order chi connectivity index (χ1) is 9.98. The standard InChI is InChI=1S/C17H26N2O2/c1-12-9-13(2)11-15(10-12)21-8-6-14-5-4-7-17(14,19-3)16(18)20/h9-11,14,19H,4-8H2,1-3H3,(H2,18,20). The van der Waals surface area contributed by atoms with Crippen molar-refractivity contribution in [1.82, 2.24) is 5.32 Å². The van der Waals surface area contributed by atoms with E-state index in [1.165, 1.54) is 11.1 Å². The SMILES string of the molecule is CNC1(C(N)=O)CCCC1CCOc1cc(C)cc(C)c1. The van der Waals surface area contributed by atoms with E-state index in [2.05, 4.69) is 25.2 Å². The number of nitrogens with two attached hydrogens (primary N) is 1. The van der Waals surface area contributed by atoms with Crippen LogP contribution < -0.4 is 15.8 Å². The van der Waals surface area contributed by atoms with Crippen LogP contribution in [0.1, 0.15) is 36.8 Å². The lowest BCUT2D eigenvalue weighted by Crippen LogP contribution is -2.56. The quantitative estimate of drug-likeness (QED) is 0.845. The molecular formula is C17H26N2O2. The van der Waals surface area contributed by atoms with E-state index >= 15 is 0 Å². The number of nitrogens with one attached hydrogen (secondary N) is 1. The Bertz CT molecular complexity index is 495. The molecule has 0 radical (unpaired) electrons. The number of likely N-dealkylation sites (N-methyl/N-ethyl adjacent to an activating group) is 1. The van der Waals surface area contributed by atoms with Crippen LogP contribution in [0.15, 0.2) is 18.2 Å². The van der Waals surface area contributed by atoms with Gasteiger partial charge in [0.2, 0.25) is 5.91 Å². The molecule has 2 rings (SSSR count). The Morgan fingerprint density at radius 3 is 2.62 bits per heavy atom. The zero-order valence-electron chi connectivity index (χ0n) is 13.2. The van der Waals surface area contributed by atoms with Crippen LogP contribution in [0.25, 0.3) is 0 Å². The minimum atomic E-state index is -0.550. The van der Waals surface area contributed by atoms with Gasteiger partial charge in [0.25, 0.3) is 0 Å². The highest BCUT2D eigenvalue weighted by Crippen LogP contribution is 2.37. The molecule has 2 unspecified atom stereocenters. The number of primary amides is 1. The highest BCUT2D eigenvalue weighted by atomic mass is 16.5. The van der Waals surface area contributed by atoms with Crippen LogP contribution >= 0.6 is 0 Å². The lowest BCUT2D eigenvalue weighted by Gasteiger charge is -2.32. The van der Waals surface area contributed by atoms with Crippen molar-refractivity contribution in [3.05, 3.63) is 29.3 Å². The van der Waals surface area contributed by atoms with Crippen molar-refractivity contribution in [2.45, 2.75) is 45.1 Å². The van der Waals surface area contributed by atoms with Gasteiger partial charge in [-0.1, -0.05) is 12.5 Å². The summed E-state index contributed by atoms with van der Waals surface area (Å²) in [6.07, 6.45) is 3.74. The summed E-state index contributed by atoms with van der Waals surface area (Å²) in [6.45, 7) is 4.75. The molecule has 0 saturated heterocycles. The first-order valence-electron chi connectivity index (χ1n) is 7.68. The second-order valence-electron chi connectivity index (χ2n) is 6.14. The highest BCUT2D eigenvalue weighted by molar-refractivity contribution is 5.85. The Morgan fingerprint density at radius 2 is 2.05 bits per heavy atom. The average molecular weight is 290 g/mol.